The predicted octanol–water partition coefficient (Wildman–Crippen LogP) is 4.85. The molecule has 0 atom stereocenters. The van der Waals surface area contributed by atoms with Gasteiger partial charge in [-0.05, 0) is 23.6 Å². The molecule has 5 nitrogen and oxygen atoms in total. The molecule has 0 aliphatic carbocycles. The molecule has 1 aromatic carbocycles. The van der Waals surface area contributed by atoms with Crippen LogP contribution in [0.5, 0.6) is 5.75 Å². The van der Waals surface area contributed by atoms with Crippen molar-refractivity contribution in [3.8, 4) is 5.75 Å². The zero-order chi connectivity index (χ0) is 18.6. The largest absolute Gasteiger partial charge is 0.492 e. The lowest BCUT2D eigenvalue weighted by atomic mass is 9.79. The van der Waals surface area contributed by atoms with E-state index in [-0.39, 0.29) is 21.6 Å². The van der Waals surface area contributed by atoms with Crippen LogP contribution in [0.3, 0.4) is 0 Å². The lowest BCUT2D eigenvalue weighted by Gasteiger charge is -2.24. The fourth-order valence-corrected chi connectivity index (χ4v) is 3.78. The molecule has 0 saturated carbocycles. The van der Waals surface area contributed by atoms with Gasteiger partial charge in [0.05, 0.1) is 16.4 Å². The Morgan fingerprint density at radius 3 is 2.52 bits per heavy atom. The summed E-state index contributed by atoms with van der Waals surface area (Å²) in [6.07, 6.45) is 0. The van der Waals surface area contributed by atoms with Crippen LogP contribution in [0.4, 0.5) is 5.00 Å². The first-order valence-corrected chi connectivity index (χ1v) is 8.93. The SMILES string of the molecule is CC(C)(C)c1cc(C(=O)c2ccc([N+](=O)[O-])s2)cc2c1OCC2(C)C. The smallest absolute Gasteiger partial charge is 0.324 e. The maximum absolute atomic E-state index is 12.9. The van der Waals surface area contributed by atoms with E-state index < -0.39 is 4.92 Å². The first-order chi connectivity index (χ1) is 11.5. The number of thiophene rings is 1. The van der Waals surface area contributed by atoms with Crippen LogP contribution in [0.25, 0.3) is 0 Å². The Kier molecular flexibility index (Phi) is 3.99. The number of nitrogens with zero attached hydrogens (tertiary/aromatic N) is 1. The van der Waals surface area contributed by atoms with E-state index in [1.807, 2.05) is 12.1 Å². The number of fused-ring (bicyclic) bond motifs is 1. The van der Waals surface area contributed by atoms with Crippen molar-refractivity contribution in [1.82, 2.24) is 0 Å². The number of carbonyl (C=O) groups excluding carboxylic acids is 1. The van der Waals surface area contributed by atoms with Crippen LogP contribution >= 0.6 is 11.3 Å². The molecule has 3 rings (SSSR count). The van der Waals surface area contributed by atoms with Gasteiger partial charge in [-0.25, -0.2) is 0 Å². The van der Waals surface area contributed by atoms with Crippen molar-refractivity contribution in [2.24, 2.45) is 0 Å². The van der Waals surface area contributed by atoms with Gasteiger partial charge >= 0.3 is 5.00 Å². The van der Waals surface area contributed by atoms with Crippen molar-refractivity contribution in [3.63, 3.8) is 0 Å². The van der Waals surface area contributed by atoms with Gasteiger partial charge in [-0.1, -0.05) is 46.0 Å². The second-order valence-corrected chi connectivity index (χ2v) is 9.11. The Hall–Kier alpha value is -2.21. The number of ether oxygens (including phenoxy) is 1. The first kappa shape index (κ1) is 17.6. The van der Waals surface area contributed by atoms with Gasteiger partial charge in [0.15, 0.2) is 0 Å². The summed E-state index contributed by atoms with van der Waals surface area (Å²) in [6.45, 7) is 11.0. The van der Waals surface area contributed by atoms with Gasteiger partial charge in [-0.2, -0.15) is 0 Å². The number of ketones is 1. The highest BCUT2D eigenvalue weighted by molar-refractivity contribution is 7.17. The average molecular weight is 359 g/mol. The summed E-state index contributed by atoms with van der Waals surface area (Å²) < 4.78 is 5.95. The van der Waals surface area contributed by atoms with Crippen molar-refractivity contribution in [2.75, 3.05) is 6.61 Å². The molecule has 0 N–H and O–H groups in total. The van der Waals surface area contributed by atoms with Gasteiger partial charge in [0.2, 0.25) is 5.78 Å². The van der Waals surface area contributed by atoms with Gasteiger partial charge < -0.3 is 4.74 Å². The molecule has 1 aliphatic heterocycles. The van der Waals surface area contributed by atoms with Crippen LogP contribution in [0.1, 0.15) is 61.0 Å². The van der Waals surface area contributed by atoms with Crippen molar-refractivity contribution < 1.29 is 14.5 Å². The summed E-state index contributed by atoms with van der Waals surface area (Å²) >= 11 is 0.911. The van der Waals surface area contributed by atoms with Crippen LogP contribution in [-0.2, 0) is 10.8 Å². The van der Waals surface area contributed by atoms with Crippen molar-refractivity contribution in [1.29, 1.82) is 0 Å². The fraction of sp³-hybridized carbons (Fsp3) is 0.421. The van der Waals surface area contributed by atoms with E-state index in [4.69, 9.17) is 4.74 Å². The molecule has 1 aromatic heterocycles. The number of hydrogen-bond donors (Lipinski definition) is 0. The lowest BCUT2D eigenvalue weighted by molar-refractivity contribution is -0.380. The molecule has 132 valence electrons. The van der Waals surface area contributed by atoms with E-state index >= 15 is 0 Å². The van der Waals surface area contributed by atoms with E-state index in [0.29, 0.717) is 17.0 Å². The van der Waals surface area contributed by atoms with Crippen molar-refractivity contribution in [2.45, 2.75) is 45.4 Å². The maximum Gasteiger partial charge on any atom is 0.324 e. The normalized spacial score (nSPS) is 15.6. The average Bonchev–Trinajstić information content (AvgIpc) is 3.10. The van der Waals surface area contributed by atoms with Gasteiger partial charge in [0, 0.05) is 28.2 Å². The third-order valence-electron chi connectivity index (χ3n) is 4.46. The highest BCUT2D eigenvalue weighted by Crippen LogP contribution is 2.45. The van der Waals surface area contributed by atoms with Crippen LogP contribution < -0.4 is 4.74 Å². The predicted molar refractivity (Wildman–Crippen MR) is 98.1 cm³/mol. The Bertz CT molecular complexity index is 874. The molecular formula is C19H21NO4S. The zero-order valence-corrected chi connectivity index (χ0v) is 15.8. The second kappa shape index (κ2) is 5.66. The van der Waals surface area contributed by atoms with E-state index in [9.17, 15) is 14.9 Å². The van der Waals surface area contributed by atoms with Crippen molar-refractivity contribution >= 4 is 22.1 Å². The van der Waals surface area contributed by atoms with Gasteiger partial charge in [-0.15, -0.1) is 0 Å². The topological polar surface area (TPSA) is 69.4 Å². The van der Waals surface area contributed by atoms with Crippen LogP contribution in [-0.4, -0.2) is 17.3 Å². The van der Waals surface area contributed by atoms with E-state index in [1.54, 1.807) is 0 Å². The minimum atomic E-state index is -0.471. The van der Waals surface area contributed by atoms with Gasteiger partial charge in [0.1, 0.15) is 5.75 Å². The van der Waals surface area contributed by atoms with E-state index in [1.165, 1.54) is 12.1 Å². The fourth-order valence-electron chi connectivity index (χ4n) is 3.00. The standard InChI is InChI=1S/C19H21NO4S/c1-18(2,3)12-8-11(9-13-17(12)24-10-19(13,4)5)16(21)14-6-7-15(25-14)20(22)23/h6-9H,10H2,1-5H3. The highest BCUT2D eigenvalue weighted by atomic mass is 32.1. The van der Waals surface area contributed by atoms with Crippen LogP contribution in [0.15, 0.2) is 24.3 Å². The number of benzene rings is 1. The van der Waals surface area contributed by atoms with E-state index in [0.717, 1.165) is 28.2 Å². The number of hydrogen-bond acceptors (Lipinski definition) is 5. The quantitative estimate of drug-likeness (QED) is 0.446. The molecule has 2 aromatic rings. The summed E-state index contributed by atoms with van der Waals surface area (Å²) in [4.78, 5) is 23.7. The minimum Gasteiger partial charge on any atom is -0.492 e. The summed E-state index contributed by atoms with van der Waals surface area (Å²) in [7, 11) is 0. The molecule has 0 unspecified atom stereocenters. The Labute approximate surface area is 150 Å². The van der Waals surface area contributed by atoms with Crippen molar-refractivity contribution in [3.05, 3.63) is 55.9 Å². The molecule has 0 amide bonds. The molecule has 1 aliphatic rings. The molecule has 0 saturated heterocycles. The summed E-state index contributed by atoms with van der Waals surface area (Å²) in [6, 6.07) is 6.65. The minimum absolute atomic E-state index is 0.0239. The van der Waals surface area contributed by atoms with Gasteiger partial charge in [-0.3, -0.25) is 14.9 Å². The molecule has 0 bridgehead atoms. The zero-order valence-electron chi connectivity index (χ0n) is 15.0. The number of rotatable bonds is 3. The van der Waals surface area contributed by atoms with Gasteiger partial charge in [0.25, 0.3) is 0 Å². The Balaban J connectivity index is 2.13. The maximum atomic E-state index is 12.9. The molecule has 25 heavy (non-hydrogen) atoms. The lowest BCUT2D eigenvalue weighted by Crippen LogP contribution is -2.19. The van der Waals surface area contributed by atoms with E-state index in [2.05, 4.69) is 34.6 Å². The third-order valence-corrected chi connectivity index (χ3v) is 5.50. The molecule has 6 heteroatoms. The molecule has 0 fully saturated rings. The van der Waals surface area contributed by atoms with Crippen LogP contribution in [0, 0.1) is 10.1 Å². The number of nitro groups is 1. The Morgan fingerprint density at radius 2 is 1.96 bits per heavy atom. The first-order valence-electron chi connectivity index (χ1n) is 8.11. The highest BCUT2D eigenvalue weighted by Gasteiger charge is 2.37. The Morgan fingerprint density at radius 1 is 1.28 bits per heavy atom. The monoisotopic (exact) mass is 359 g/mol. The molecule has 0 radical (unpaired) electrons. The molecular weight excluding hydrogens is 338 g/mol. The summed E-state index contributed by atoms with van der Waals surface area (Å²) in [5.41, 5.74) is 2.22. The summed E-state index contributed by atoms with van der Waals surface area (Å²) in [5.74, 6) is 0.681. The second-order valence-electron chi connectivity index (χ2n) is 8.05. The van der Waals surface area contributed by atoms with Crippen LogP contribution in [0.2, 0.25) is 0 Å². The summed E-state index contributed by atoms with van der Waals surface area (Å²) in [5, 5.41) is 10.9. The molecule has 2 heterocycles. The third kappa shape index (κ3) is 3.06. The number of carbonyl (C=O) groups is 1. The molecule has 0 spiro atoms.